The molecule has 124 valence electrons. The Labute approximate surface area is 145 Å². The highest BCUT2D eigenvalue weighted by molar-refractivity contribution is 6.05. The van der Waals surface area contributed by atoms with E-state index in [2.05, 4.69) is 10.3 Å². The van der Waals surface area contributed by atoms with Crippen molar-refractivity contribution in [2.24, 2.45) is 5.73 Å². The van der Waals surface area contributed by atoms with Crippen molar-refractivity contribution in [2.75, 3.05) is 5.32 Å². The summed E-state index contributed by atoms with van der Waals surface area (Å²) < 4.78 is 0. The van der Waals surface area contributed by atoms with Gasteiger partial charge in [0.25, 0.3) is 5.91 Å². The molecule has 0 spiro atoms. The van der Waals surface area contributed by atoms with Gasteiger partial charge in [0.05, 0.1) is 17.0 Å². The summed E-state index contributed by atoms with van der Waals surface area (Å²) in [6, 6.07) is 19.8. The molecular formula is C20H17N3O2. The molecule has 2 amide bonds. The molecule has 0 saturated carbocycles. The molecule has 0 aliphatic heterocycles. The standard InChI is InChI=1S/C20H17N3O2/c1-13-17(10-11-18(22-13)14-6-3-2-4-7-14)20(25)23-16-9-5-8-15(12-16)19(21)24/h2-12H,1H3,(H2,21,24)(H,23,25). The van der Waals surface area contributed by atoms with Gasteiger partial charge in [0.15, 0.2) is 0 Å². The second kappa shape index (κ2) is 6.97. The van der Waals surface area contributed by atoms with Crippen molar-refractivity contribution in [1.29, 1.82) is 0 Å². The van der Waals surface area contributed by atoms with E-state index in [1.807, 2.05) is 36.4 Å². The number of hydrogen-bond acceptors (Lipinski definition) is 3. The number of nitrogens with zero attached hydrogens (tertiary/aromatic N) is 1. The number of aromatic nitrogens is 1. The Balaban J connectivity index is 1.83. The van der Waals surface area contributed by atoms with Crippen LogP contribution in [0.3, 0.4) is 0 Å². The maximum Gasteiger partial charge on any atom is 0.257 e. The van der Waals surface area contributed by atoms with Crippen LogP contribution >= 0.6 is 0 Å². The monoisotopic (exact) mass is 331 g/mol. The van der Waals surface area contributed by atoms with Gasteiger partial charge in [-0.05, 0) is 37.3 Å². The highest BCUT2D eigenvalue weighted by Crippen LogP contribution is 2.19. The van der Waals surface area contributed by atoms with E-state index in [-0.39, 0.29) is 5.91 Å². The predicted octanol–water partition coefficient (Wildman–Crippen LogP) is 3.41. The molecule has 1 aromatic heterocycles. The van der Waals surface area contributed by atoms with Gasteiger partial charge >= 0.3 is 0 Å². The van der Waals surface area contributed by atoms with Gasteiger partial charge in [-0.1, -0.05) is 36.4 Å². The lowest BCUT2D eigenvalue weighted by Gasteiger charge is -2.09. The summed E-state index contributed by atoms with van der Waals surface area (Å²) in [5.74, 6) is -0.826. The third-order valence-electron chi connectivity index (χ3n) is 3.80. The molecule has 5 heteroatoms. The van der Waals surface area contributed by atoms with Crippen molar-refractivity contribution in [3.8, 4) is 11.3 Å². The van der Waals surface area contributed by atoms with Crippen LogP contribution in [0.2, 0.25) is 0 Å². The second-order valence-corrected chi connectivity index (χ2v) is 5.59. The first-order valence-corrected chi connectivity index (χ1v) is 7.79. The number of amides is 2. The van der Waals surface area contributed by atoms with Gasteiger partial charge in [0.1, 0.15) is 0 Å². The lowest BCUT2D eigenvalue weighted by Crippen LogP contribution is -2.16. The molecule has 2 aromatic carbocycles. The largest absolute Gasteiger partial charge is 0.366 e. The molecule has 0 aliphatic rings. The third kappa shape index (κ3) is 3.72. The molecule has 0 atom stereocenters. The topological polar surface area (TPSA) is 85.1 Å². The molecule has 0 bridgehead atoms. The molecule has 1 heterocycles. The van der Waals surface area contributed by atoms with E-state index >= 15 is 0 Å². The van der Waals surface area contributed by atoms with Crippen LogP contribution in [0.5, 0.6) is 0 Å². The summed E-state index contributed by atoms with van der Waals surface area (Å²) in [5, 5.41) is 2.77. The van der Waals surface area contributed by atoms with Gasteiger partial charge in [0, 0.05) is 16.8 Å². The van der Waals surface area contributed by atoms with E-state index in [0.717, 1.165) is 11.3 Å². The fourth-order valence-corrected chi connectivity index (χ4v) is 2.52. The number of pyridine rings is 1. The number of nitrogens with two attached hydrogens (primary N) is 1. The molecule has 0 fully saturated rings. The number of carbonyl (C=O) groups excluding carboxylic acids is 2. The Kier molecular flexibility index (Phi) is 4.57. The quantitative estimate of drug-likeness (QED) is 0.768. The summed E-state index contributed by atoms with van der Waals surface area (Å²) in [4.78, 5) is 28.2. The summed E-state index contributed by atoms with van der Waals surface area (Å²) >= 11 is 0. The minimum Gasteiger partial charge on any atom is -0.366 e. The van der Waals surface area contributed by atoms with Crippen LogP contribution in [-0.2, 0) is 0 Å². The van der Waals surface area contributed by atoms with Gasteiger partial charge in [-0.15, -0.1) is 0 Å². The molecule has 3 aromatic rings. The second-order valence-electron chi connectivity index (χ2n) is 5.59. The van der Waals surface area contributed by atoms with E-state index in [0.29, 0.717) is 22.5 Å². The van der Waals surface area contributed by atoms with Crippen molar-refractivity contribution < 1.29 is 9.59 Å². The van der Waals surface area contributed by atoms with Crippen LogP contribution < -0.4 is 11.1 Å². The number of rotatable bonds is 4. The predicted molar refractivity (Wildman–Crippen MR) is 97.3 cm³/mol. The first kappa shape index (κ1) is 16.4. The minimum atomic E-state index is -0.541. The maximum atomic E-state index is 12.5. The Morgan fingerprint density at radius 1 is 0.960 bits per heavy atom. The average Bonchev–Trinajstić information content (AvgIpc) is 2.62. The van der Waals surface area contributed by atoms with Crippen LogP contribution in [0.15, 0.2) is 66.7 Å². The first-order valence-electron chi connectivity index (χ1n) is 7.79. The van der Waals surface area contributed by atoms with Crippen LogP contribution in [0.1, 0.15) is 26.4 Å². The smallest absolute Gasteiger partial charge is 0.257 e. The summed E-state index contributed by atoms with van der Waals surface area (Å²) in [6.45, 7) is 1.79. The van der Waals surface area contributed by atoms with Crippen LogP contribution in [0.25, 0.3) is 11.3 Å². The third-order valence-corrected chi connectivity index (χ3v) is 3.80. The zero-order valence-electron chi connectivity index (χ0n) is 13.7. The lowest BCUT2D eigenvalue weighted by atomic mass is 10.1. The van der Waals surface area contributed by atoms with E-state index in [9.17, 15) is 9.59 Å². The van der Waals surface area contributed by atoms with Crippen LogP contribution in [0, 0.1) is 6.92 Å². The van der Waals surface area contributed by atoms with Crippen LogP contribution in [0.4, 0.5) is 5.69 Å². The molecule has 3 rings (SSSR count). The Hall–Kier alpha value is -3.47. The molecule has 0 aliphatic carbocycles. The van der Waals surface area contributed by atoms with Crippen molar-refractivity contribution in [1.82, 2.24) is 4.98 Å². The highest BCUT2D eigenvalue weighted by Gasteiger charge is 2.12. The number of benzene rings is 2. The molecule has 5 nitrogen and oxygen atoms in total. The van der Waals surface area contributed by atoms with Gasteiger partial charge in [-0.2, -0.15) is 0 Å². The zero-order chi connectivity index (χ0) is 17.8. The normalized spacial score (nSPS) is 10.3. The fourth-order valence-electron chi connectivity index (χ4n) is 2.52. The fraction of sp³-hybridized carbons (Fsp3) is 0.0500. The molecule has 0 unspecified atom stereocenters. The number of carbonyl (C=O) groups is 2. The van der Waals surface area contributed by atoms with Crippen molar-refractivity contribution in [3.05, 3.63) is 83.6 Å². The number of hydrogen-bond donors (Lipinski definition) is 2. The van der Waals surface area contributed by atoms with Crippen molar-refractivity contribution >= 4 is 17.5 Å². The number of primary amides is 1. The van der Waals surface area contributed by atoms with E-state index in [4.69, 9.17) is 5.73 Å². The highest BCUT2D eigenvalue weighted by atomic mass is 16.2. The van der Waals surface area contributed by atoms with Crippen molar-refractivity contribution in [2.45, 2.75) is 6.92 Å². The van der Waals surface area contributed by atoms with Crippen molar-refractivity contribution in [3.63, 3.8) is 0 Å². The molecule has 25 heavy (non-hydrogen) atoms. The summed E-state index contributed by atoms with van der Waals surface area (Å²) in [6.07, 6.45) is 0. The van der Waals surface area contributed by atoms with Gasteiger partial charge in [0.2, 0.25) is 5.91 Å². The Bertz CT molecular complexity index is 937. The molecule has 0 saturated heterocycles. The van der Waals surface area contributed by atoms with Gasteiger partial charge < -0.3 is 11.1 Å². The van der Waals surface area contributed by atoms with Gasteiger partial charge in [-0.25, -0.2) is 0 Å². The van der Waals surface area contributed by atoms with E-state index in [1.165, 1.54) is 0 Å². The summed E-state index contributed by atoms with van der Waals surface area (Å²) in [7, 11) is 0. The maximum absolute atomic E-state index is 12.5. The van der Waals surface area contributed by atoms with Crippen LogP contribution in [-0.4, -0.2) is 16.8 Å². The number of anilines is 1. The first-order chi connectivity index (χ1) is 12.0. The number of aryl methyl sites for hydroxylation is 1. The lowest BCUT2D eigenvalue weighted by molar-refractivity contribution is 0.0996. The molecule has 0 radical (unpaired) electrons. The van der Waals surface area contributed by atoms with E-state index in [1.54, 1.807) is 37.3 Å². The minimum absolute atomic E-state index is 0.286. The number of nitrogens with one attached hydrogen (secondary N) is 1. The zero-order valence-corrected chi connectivity index (χ0v) is 13.7. The SMILES string of the molecule is Cc1nc(-c2ccccc2)ccc1C(=O)Nc1cccc(C(N)=O)c1. The average molecular weight is 331 g/mol. The molecule has 3 N–H and O–H groups in total. The molecular weight excluding hydrogens is 314 g/mol. The Morgan fingerprint density at radius 3 is 2.40 bits per heavy atom. The Morgan fingerprint density at radius 2 is 1.72 bits per heavy atom. The van der Waals surface area contributed by atoms with E-state index < -0.39 is 5.91 Å². The van der Waals surface area contributed by atoms with Gasteiger partial charge in [-0.3, -0.25) is 14.6 Å². The summed E-state index contributed by atoms with van der Waals surface area (Å²) in [5.41, 5.74) is 9.01.